The summed E-state index contributed by atoms with van der Waals surface area (Å²) < 4.78 is 2.24. The average Bonchev–Trinajstić information content (AvgIpc) is 3.09. The molecule has 1 unspecified atom stereocenters. The van der Waals surface area contributed by atoms with Crippen molar-refractivity contribution in [1.82, 2.24) is 9.55 Å². The van der Waals surface area contributed by atoms with Crippen LogP contribution in [-0.4, -0.2) is 9.55 Å². The van der Waals surface area contributed by atoms with Crippen molar-refractivity contribution in [2.24, 2.45) is 11.1 Å². The number of hydrogen-bond acceptors (Lipinski definition) is 2. The minimum absolute atomic E-state index is 0.0867. The molecular formula is C16H21N3. The van der Waals surface area contributed by atoms with Gasteiger partial charge in [0.05, 0.1) is 24.3 Å². The molecule has 3 nitrogen and oxygen atoms in total. The summed E-state index contributed by atoms with van der Waals surface area (Å²) in [4.78, 5) is 4.30. The summed E-state index contributed by atoms with van der Waals surface area (Å²) >= 11 is 0. The molecule has 0 amide bonds. The van der Waals surface area contributed by atoms with E-state index in [1.807, 2.05) is 30.7 Å². The first-order valence-corrected chi connectivity index (χ1v) is 7.05. The largest absolute Gasteiger partial charge is 0.332 e. The first-order chi connectivity index (χ1) is 9.24. The highest BCUT2D eigenvalue weighted by atomic mass is 15.1. The Morgan fingerprint density at radius 1 is 1.32 bits per heavy atom. The molecule has 1 atom stereocenters. The third-order valence-electron chi connectivity index (χ3n) is 4.43. The normalized spacial score (nSPS) is 18.2. The molecule has 0 bridgehead atoms. The van der Waals surface area contributed by atoms with Crippen LogP contribution < -0.4 is 5.73 Å². The van der Waals surface area contributed by atoms with Crippen LogP contribution in [0, 0.1) is 5.41 Å². The zero-order valence-corrected chi connectivity index (χ0v) is 11.4. The number of hydrogen-bond donors (Lipinski definition) is 1. The van der Waals surface area contributed by atoms with Crippen molar-refractivity contribution in [3.05, 3.63) is 54.1 Å². The lowest BCUT2D eigenvalue weighted by atomic mass is 10.0. The number of nitrogens with two attached hydrogens (primary N) is 1. The number of nitrogens with zero attached hydrogens (tertiary/aromatic N) is 2. The monoisotopic (exact) mass is 255 g/mol. The van der Waals surface area contributed by atoms with Crippen molar-refractivity contribution in [2.75, 3.05) is 0 Å². The van der Waals surface area contributed by atoms with E-state index in [0.29, 0.717) is 5.41 Å². The Balaban J connectivity index is 1.84. The maximum absolute atomic E-state index is 6.38. The van der Waals surface area contributed by atoms with Crippen LogP contribution in [0.1, 0.15) is 43.5 Å². The van der Waals surface area contributed by atoms with Crippen molar-refractivity contribution in [3.63, 3.8) is 0 Å². The van der Waals surface area contributed by atoms with Crippen LogP contribution in [0.3, 0.4) is 0 Å². The smallest absolute Gasteiger partial charge is 0.0948 e. The summed E-state index contributed by atoms with van der Waals surface area (Å²) in [5.41, 5.74) is 9.15. The molecule has 0 radical (unpaired) electrons. The van der Waals surface area contributed by atoms with Crippen LogP contribution in [0.5, 0.6) is 0 Å². The maximum atomic E-state index is 6.38. The van der Waals surface area contributed by atoms with Gasteiger partial charge in [0.25, 0.3) is 0 Å². The Morgan fingerprint density at radius 2 is 2.05 bits per heavy atom. The minimum Gasteiger partial charge on any atom is -0.332 e. The van der Waals surface area contributed by atoms with Gasteiger partial charge < -0.3 is 10.3 Å². The van der Waals surface area contributed by atoms with E-state index >= 15 is 0 Å². The molecule has 0 saturated heterocycles. The molecule has 0 aliphatic heterocycles. The lowest BCUT2D eigenvalue weighted by molar-refractivity contribution is 0.399. The van der Waals surface area contributed by atoms with Gasteiger partial charge in [-0.2, -0.15) is 0 Å². The molecule has 1 aromatic carbocycles. The quantitative estimate of drug-likeness (QED) is 0.892. The van der Waals surface area contributed by atoms with E-state index in [2.05, 4.69) is 28.6 Å². The molecule has 0 spiro atoms. The minimum atomic E-state index is -0.0867. The molecule has 1 fully saturated rings. The molecule has 19 heavy (non-hydrogen) atoms. The summed E-state index contributed by atoms with van der Waals surface area (Å²) in [7, 11) is 0. The summed E-state index contributed by atoms with van der Waals surface area (Å²) in [5, 5.41) is 0. The van der Waals surface area contributed by atoms with Gasteiger partial charge in [0.15, 0.2) is 0 Å². The van der Waals surface area contributed by atoms with Crippen molar-refractivity contribution < 1.29 is 0 Å². The van der Waals surface area contributed by atoms with Gasteiger partial charge in [0, 0.05) is 6.54 Å². The van der Waals surface area contributed by atoms with Crippen LogP contribution in [0.2, 0.25) is 0 Å². The second-order valence-electron chi connectivity index (χ2n) is 5.69. The third kappa shape index (κ3) is 2.43. The topological polar surface area (TPSA) is 43.8 Å². The molecule has 2 N–H and O–H groups in total. The van der Waals surface area contributed by atoms with E-state index in [9.17, 15) is 0 Å². The van der Waals surface area contributed by atoms with Gasteiger partial charge in [-0.1, -0.05) is 37.3 Å². The molecule has 3 rings (SSSR count). The van der Waals surface area contributed by atoms with E-state index in [0.717, 1.165) is 17.8 Å². The van der Waals surface area contributed by atoms with Crippen LogP contribution in [-0.2, 0) is 6.54 Å². The summed E-state index contributed by atoms with van der Waals surface area (Å²) in [6, 6.07) is 10.2. The van der Waals surface area contributed by atoms with Crippen LogP contribution in [0.25, 0.3) is 0 Å². The zero-order chi connectivity index (χ0) is 13.3. The summed E-state index contributed by atoms with van der Waals surface area (Å²) in [6.07, 6.45) is 7.74. The summed E-state index contributed by atoms with van der Waals surface area (Å²) in [6.45, 7) is 3.33. The Hall–Kier alpha value is -1.61. The van der Waals surface area contributed by atoms with Crippen molar-refractivity contribution in [3.8, 4) is 0 Å². The Labute approximate surface area is 114 Å². The molecule has 1 aliphatic carbocycles. The van der Waals surface area contributed by atoms with E-state index in [1.54, 1.807) is 0 Å². The van der Waals surface area contributed by atoms with Gasteiger partial charge in [-0.15, -0.1) is 0 Å². The van der Waals surface area contributed by atoms with Crippen molar-refractivity contribution in [1.29, 1.82) is 0 Å². The predicted molar refractivity (Wildman–Crippen MR) is 76.7 cm³/mol. The number of aromatic nitrogens is 2. The average molecular weight is 255 g/mol. The van der Waals surface area contributed by atoms with Gasteiger partial charge in [-0.25, -0.2) is 4.98 Å². The molecule has 1 saturated carbocycles. The SMILES string of the molecule is CCC1(Cn2cncc2C(N)c2ccccc2)CC1. The second-order valence-corrected chi connectivity index (χ2v) is 5.69. The molecule has 3 heteroatoms. The predicted octanol–water partition coefficient (Wildman–Crippen LogP) is 3.12. The van der Waals surface area contributed by atoms with E-state index in [4.69, 9.17) is 5.73 Å². The van der Waals surface area contributed by atoms with E-state index < -0.39 is 0 Å². The van der Waals surface area contributed by atoms with E-state index in [-0.39, 0.29) is 6.04 Å². The van der Waals surface area contributed by atoms with E-state index in [1.165, 1.54) is 19.3 Å². The highest BCUT2D eigenvalue weighted by molar-refractivity contribution is 5.26. The Bertz CT molecular complexity index is 540. The number of imidazole rings is 1. The lowest BCUT2D eigenvalue weighted by Crippen LogP contribution is -2.19. The molecule has 1 aliphatic rings. The van der Waals surface area contributed by atoms with Crippen LogP contribution in [0.4, 0.5) is 0 Å². The van der Waals surface area contributed by atoms with Crippen molar-refractivity contribution in [2.45, 2.75) is 38.8 Å². The molecule has 2 aromatic rings. The van der Waals surface area contributed by atoms with Crippen LogP contribution >= 0.6 is 0 Å². The van der Waals surface area contributed by atoms with Gasteiger partial charge in [-0.05, 0) is 30.2 Å². The van der Waals surface area contributed by atoms with Gasteiger partial charge in [-0.3, -0.25) is 0 Å². The lowest BCUT2D eigenvalue weighted by Gasteiger charge is -2.19. The fraction of sp³-hybridized carbons (Fsp3) is 0.438. The molecule has 1 aromatic heterocycles. The summed E-state index contributed by atoms with van der Waals surface area (Å²) in [5.74, 6) is 0. The maximum Gasteiger partial charge on any atom is 0.0948 e. The standard InChI is InChI=1S/C16H21N3/c1-2-16(8-9-16)11-19-12-18-10-14(19)15(17)13-6-4-3-5-7-13/h3-7,10,12,15H,2,8-9,11,17H2,1H3. The highest BCUT2D eigenvalue weighted by Gasteiger charge is 2.41. The van der Waals surface area contributed by atoms with Gasteiger partial charge in [0.2, 0.25) is 0 Å². The number of rotatable bonds is 5. The Kier molecular flexibility index (Phi) is 3.15. The van der Waals surface area contributed by atoms with Gasteiger partial charge in [0.1, 0.15) is 0 Å². The zero-order valence-electron chi connectivity index (χ0n) is 11.4. The molecular weight excluding hydrogens is 234 g/mol. The first-order valence-electron chi connectivity index (χ1n) is 7.05. The third-order valence-corrected chi connectivity index (χ3v) is 4.43. The Morgan fingerprint density at radius 3 is 2.68 bits per heavy atom. The fourth-order valence-electron chi connectivity index (χ4n) is 2.71. The second kappa shape index (κ2) is 4.82. The molecule has 100 valence electrons. The van der Waals surface area contributed by atoms with Crippen molar-refractivity contribution >= 4 is 0 Å². The fourth-order valence-corrected chi connectivity index (χ4v) is 2.71. The van der Waals surface area contributed by atoms with Crippen LogP contribution in [0.15, 0.2) is 42.9 Å². The number of benzene rings is 1. The first kappa shape index (κ1) is 12.4. The molecule has 1 heterocycles. The van der Waals surface area contributed by atoms with Gasteiger partial charge >= 0.3 is 0 Å². The highest BCUT2D eigenvalue weighted by Crippen LogP contribution is 2.50.